The second-order valence-corrected chi connectivity index (χ2v) is 7.92. The summed E-state index contributed by atoms with van der Waals surface area (Å²) in [6.07, 6.45) is 1.46. The van der Waals surface area contributed by atoms with Crippen molar-refractivity contribution >= 4 is 15.9 Å². The molecule has 0 saturated heterocycles. The minimum atomic E-state index is -3.88. The van der Waals surface area contributed by atoms with E-state index in [2.05, 4.69) is 5.32 Å². The Kier molecular flexibility index (Phi) is 6.82. The molecule has 7 nitrogen and oxygen atoms in total. The minimum Gasteiger partial charge on any atom is -0.494 e. The molecule has 0 fully saturated rings. The van der Waals surface area contributed by atoms with Crippen molar-refractivity contribution in [3.63, 3.8) is 0 Å². The Hall–Kier alpha value is -2.32. The third-order valence-corrected chi connectivity index (χ3v) is 5.26. The molecule has 2 aromatic rings. The number of carbonyl (C=O) groups excluding carboxylic acids is 1. The number of nitrogens with one attached hydrogen (secondary N) is 1. The van der Waals surface area contributed by atoms with Gasteiger partial charge in [-0.2, -0.15) is 4.31 Å². The van der Waals surface area contributed by atoms with Crippen LogP contribution in [-0.4, -0.2) is 37.8 Å². The SMILES string of the molecule is CCOc1ccc(S(=O)(=O)N(CC(=O)NC(C)C)Cc2ccco2)cc1. The second kappa shape index (κ2) is 8.86. The van der Waals surface area contributed by atoms with Crippen LogP contribution in [0.1, 0.15) is 26.5 Å². The molecule has 0 spiro atoms. The van der Waals surface area contributed by atoms with E-state index in [9.17, 15) is 13.2 Å². The lowest BCUT2D eigenvalue weighted by Gasteiger charge is -2.21. The third kappa shape index (κ3) is 5.34. The highest BCUT2D eigenvalue weighted by Gasteiger charge is 2.28. The number of hydrogen-bond donors (Lipinski definition) is 1. The lowest BCUT2D eigenvalue weighted by molar-refractivity contribution is -0.121. The van der Waals surface area contributed by atoms with Crippen LogP contribution >= 0.6 is 0 Å². The molecule has 1 N–H and O–H groups in total. The summed E-state index contributed by atoms with van der Waals surface area (Å²) < 4.78 is 37.7. The molecule has 1 heterocycles. The molecule has 1 amide bonds. The molecule has 0 aliphatic carbocycles. The molecule has 142 valence electrons. The number of nitrogens with zero attached hydrogens (tertiary/aromatic N) is 1. The Labute approximate surface area is 154 Å². The first-order valence-electron chi connectivity index (χ1n) is 8.37. The van der Waals surface area contributed by atoms with Crippen molar-refractivity contribution in [3.8, 4) is 5.75 Å². The highest BCUT2D eigenvalue weighted by Crippen LogP contribution is 2.21. The number of sulfonamides is 1. The summed E-state index contributed by atoms with van der Waals surface area (Å²) in [6.45, 7) is 5.64. The van der Waals surface area contributed by atoms with Crippen molar-refractivity contribution in [3.05, 3.63) is 48.4 Å². The summed E-state index contributed by atoms with van der Waals surface area (Å²) in [5, 5.41) is 2.71. The standard InChI is InChI=1S/C18H24N2O5S/c1-4-24-15-7-9-17(10-8-15)26(22,23)20(12-16-6-5-11-25-16)13-18(21)19-14(2)3/h5-11,14H,4,12-13H2,1-3H3,(H,19,21). The number of hydrogen-bond acceptors (Lipinski definition) is 5. The number of rotatable bonds is 9. The van der Waals surface area contributed by atoms with Crippen LogP contribution in [0.3, 0.4) is 0 Å². The smallest absolute Gasteiger partial charge is 0.243 e. The maximum Gasteiger partial charge on any atom is 0.243 e. The summed E-state index contributed by atoms with van der Waals surface area (Å²) >= 11 is 0. The zero-order chi connectivity index (χ0) is 19.2. The summed E-state index contributed by atoms with van der Waals surface area (Å²) in [7, 11) is -3.88. The average Bonchev–Trinajstić information content (AvgIpc) is 3.07. The van der Waals surface area contributed by atoms with E-state index in [0.29, 0.717) is 18.1 Å². The van der Waals surface area contributed by atoms with Crippen molar-refractivity contribution in [2.24, 2.45) is 0 Å². The van der Waals surface area contributed by atoms with Crippen LogP contribution in [0.5, 0.6) is 5.75 Å². The summed E-state index contributed by atoms with van der Waals surface area (Å²) in [5.74, 6) is 0.666. The first-order valence-corrected chi connectivity index (χ1v) is 9.81. The molecular formula is C18H24N2O5S. The maximum atomic E-state index is 13.0. The van der Waals surface area contributed by atoms with Crippen LogP contribution in [0.4, 0.5) is 0 Å². The van der Waals surface area contributed by atoms with E-state index in [4.69, 9.17) is 9.15 Å². The fraction of sp³-hybridized carbons (Fsp3) is 0.389. The Morgan fingerprint density at radius 2 is 1.92 bits per heavy atom. The van der Waals surface area contributed by atoms with Gasteiger partial charge in [-0.15, -0.1) is 0 Å². The topological polar surface area (TPSA) is 88.9 Å². The van der Waals surface area contributed by atoms with Gasteiger partial charge in [0.25, 0.3) is 0 Å². The van der Waals surface area contributed by atoms with Crippen LogP contribution in [0.15, 0.2) is 52.0 Å². The van der Waals surface area contributed by atoms with Crippen LogP contribution < -0.4 is 10.1 Å². The van der Waals surface area contributed by atoms with Crippen LogP contribution in [0, 0.1) is 0 Å². The zero-order valence-electron chi connectivity index (χ0n) is 15.1. The largest absolute Gasteiger partial charge is 0.494 e. The number of ether oxygens (including phenoxy) is 1. The lowest BCUT2D eigenvalue weighted by Crippen LogP contribution is -2.42. The van der Waals surface area contributed by atoms with Crippen molar-refractivity contribution < 1.29 is 22.4 Å². The second-order valence-electron chi connectivity index (χ2n) is 5.98. The van der Waals surface area contributed by atoms with Gasteiger partial charge in [0.1, 0.15) is 11.5 Å². The molecule has 0 aliphatic heterocycles. The van der Waals surface area contributed by atoms with Crippen molar-refractivity contribution in [1.29, 1.82) is 0 Å². The van der Waals surface area contributed by atoms with Gasteiger partial charge in [0.15, 0.2) is 0 Å². The quantitative estimate of drug-likeness (QED) is 0.722. The van der Waals surface area contributed by atoms with Gasteiger partial charge in [-0.3, -0.25) is 4.79 Å². The van der Waals surface area contributed by atoms with Crippen LogP contribution in [-0.2, 0) is 21.4 Å². The predicted octanol–water partition coefficient (Wildman–Crippen LogP) is 2.39. The fourth-order valence-corrected chi connectivity index (χ4v) is 3.72. The number of benzene rings is 1. The number of furan rings is 1. The van der Waals surface area contributed by atoms with Gasteiger partial charge >= 0.3 is 0 Å². The van der Waals surface area contributed by atoms with Crippen molar-refractivity contribution in [2.75, 3.05) is 13.2 Å². The molecule has 0 unspecified atom stereocenters. The van der Waals surface area contributed by atoms with E-state index < -0.39 is 10.0 Å². The van der Waals surface area contributed by atoms with Gasteiger partial charge in [-0.1, -0.05) is 0 Å². The minimum absolute atomic E-state index is 0.0337. The number of amides is 1. The van der Waals surface area contributed by atoms with Gasteiger partial charge in [0.05, 0.1) is 30.9 Å². The van der Waals surface area contributed by atoms with Crippen molar-refractivity contribution in [1.82, 2.24) is 9.62 Å². The molecule has 0 saturated carbocycles. The highest BCUT2D eigenvalue weighted by atomic mass is 32.2. The van der Waals surface area contributed by atoms with Gasteiger partial charge in [-0.05, 0) is 57.2 Å². The normalized spacial score (nSPS) is 11.7. The molecule has 0 aliphatic rings. The fourth-order valence-electron chi connectivity index (χ4n) is 2.35. The van der Waals surface area contributed by atoms with Crippen LogP contribution in [0.25, 0.3) is 0 Å². The first-order chi connectivity index (χ1) is 12.3. The average molecular weight is 380 g/mol. The molecule has 1 aromatic heterocycles. The van der Waals surface area contributed by atoms with Gasteiger partial charge in [0.2, 0.25) is 15.9 Å². The Balaban J connectivity index is 2.27. The molecule has 26 heavy (non-hydrogen) atoms. The third-order valence-electron chi connectivity index (χ3n) is 3.45. The Morgan fingerprint density at radius 3 is 2.46 bits per heavy atom. The van der Waals surface area contributed by atoms with E-state index in [1.54, 1.807) is 24.3 Å². The van der Waals surface area contributed by atoms with E-state index in [1.807, 2.05) is 20.8 Å². The highest BCUT2D eigenvalue weighted by molar-refractivity contribution is 7.89. The zero-order valence-corrected chi connectivity index (χ0v) is 16.0. The van der Waals surface area contributed by atoms with Gasteiger partial charge in [0, 0.05) is 6.04 Å². The van der Waals surface area contributed by atoms with Gasteiger partial charge < -0.3 is 14.5 Å². The molecule has 0 radical (unpaired) electrons. The maximum absolute atomic E-state index is 13.0. The van der Waals surface area contributed by atoms with Crippen molar-refractivity contribution in [2.45, 2.75) is 38.3 Å². The van der Waals surface area contributed by atoms with E-state index in [-0.39, 0.29) is 29.9 Å². The first kappa shape index (κ1) is 20.0. The molecule has 0 atom stereocenters. The van der Waals surface area contributed by atoms with E-state index >= 15 is 0 Å². The predicted molar refractivity (Wildman–Crippen MR) is 97.2 cm³/mol. The monoisotopic (exact) mass is 380 g/mol. The van der Waals surface area contributed by atoms with Gasteiger partial charge in [-0.25, -0.2) is 8.42 Å². The lowest BCUT2D eigenvalue weighted by atomic mass is 10.3. The summed E-state index contributed by atoms with van der Waals surface area (Å²) in [4.78, 5) is 12.2. The Bertz CT molecular complexity index is 799. The molecular weight excluding hydrogens is 356 g/mol. The summed E-state index contributed by atoms with van der Waals surface area (Å²) in [6, 6.07) is 9.38. The Morgan fingerprint density at radius 1 is 1.23 bits per heavy atom. The van der Waals surface area contributed by atoms with Crippen LogP contribution in [0.2, 0.25) is 0 Å². The van der Waals surface area contributed by atoms with E-state index in [1.165, 1.54) is 18.4 Å². The molecule has 0 bridgehead atoms. The summed E-state index contributed by atoms with van der Waals surface area (Å²) in [5.41, 5.74) is 0. The number of carbonyl (C=O) groups is 1. The molecule has 1 aromatic carbocycles. The molecule has 2 rings (SSSR count). The molecule has 8 heteroatoms. The van der Waals surface area contributed by atoms with E-state index in [0.717, 1.165) is 4.31 Å².